The molecule has 4 aromatic rings. The van der Waals surface area contributed by atoms with Gasteiger partial charge < -0.3 is 14.7 Å². The van der Waals surface area contributed by atoms with Crippen molar-refractivity contribution >= 4 is 46.4 Å². The van der Waals surface area contributed by atoms with Crippen LogP contribution in [0, 0.1) is 20.8 Å². The van der Waals surface area contributed by atoms with E-state index in [2.05, 4.69) is 0 Å². The summed E-state index contributed by atoms with van der Waals surface area (Å²) in [5.74, 6) is -0.796. The number of rotatable bonds is 9. The highest BCUT2D eigenvalue weighted by atomic mass is 35.5. The van der Waals surface area contributed by atoms with Gasteiger partial charge in [-0.15, -0.1) is 11.6 Å². The highest BCUT2D eigenvalue weighted by molar-refractivity contribution is 6.29. The van der Waals surface area contributed by atoms with Gasteiger partial charge in [0.25, 0.3) is 0 Å². The van der Waals surface area contributed by atoms with Gasteiger partial charge in [-0.2, -0.15) is 0 Å². The number of alkyl halides is 1. The normalized spacial score (nSPS) is 10.9. The number of aromatic nitrogens is 3. The Morgan fingerprint density at radius 2 is 0.812 bits per heavy atom. The molecular weight excluding hydrogens is 636 g/mol. The summed E-state index contributed by atoms with van der Waals surface area (Å²) in [5.41, 5.74) is 1.09. The van der Waals surface area contributed by atoms with E-state index in [-0.39, 0.29) is 40.7 Å². The minimum absolute atomic E-state index is 0.113. The second kappa shape index (κ2) is 14.3. The quantitative estimate of drug-likeness (QED) is 0.247. The molecule has 252 valence electrons. The lowest BCUT2D eigenvalue weighted by atomic mass is 10.1. The number of hydrogen-bond donors (Lipinski definition) is 0. The Morgan fingerprint density at radius 1 is 0.542 bits per heavy atom. The molecule has 3 aromatic carbocycles. The minimum Gasteiger partial charge on any atom is -0.316 e. The van der Waals surface area contributed by atoms with E-state index in [9.17, 15) is 28.8 Å². The summed E-state index contributed by atoms with van der Waals surface area (Å²) in [7, 11) is 4.85. The molecular formula is C35H39ClN6O6. The van der Waals surface area contributed by atoms with E-state index in [0.29, 0.717) is 46.6 Å². The zero-order chi connectivity index (χ0) is 35.6. The van der Waals surface area contributed by atoms with Gasteiger partial charge in [0.1, 0.15) is 5.88 Å². The first-order chi connectivity index (χ1) is 22.7. The van der Waals surface area contributed by atoms with Gasteiger partial charge in [-0.1, -0.05) is 13.8 Å². The van der Waals surface area contributed by atoms with E-state index >= 15 is 0 Å². The van der Waals surface area contributed by atoms with Crippen LogP contribution in [0.25, 0.3) is 17.1 Å². The van der Waals surface area contributed by atoms with Crippen molar-refractivity contribution in [1.82, 2.24) is 13.7 Å². The number of halogens is 1. The molecule has 0 atom stereocenters. The largest absolute Gasteiger partial charge is 0.345 e. The SMILES string of the molecule is CCC(=O)N(C)c1ccc(-n2c(=O)n(-c3ccc(N(C)C(=O)CC)cc3C)c(=O)n(-c3ccc(N(C)C(=O)CCl)cc3C)c2=O)c(C)c1. The number of benzene rings is 3. The summed E-state index contributed by atoms with van der Waals surface area (Å²) in [6, 6.07) is 14.5. The van der Waals surface area contributed by atoms with Crippen molar-refractivity contribution < 1.29 is 14.4 Å². The monoisotopic (exact) mass is 674 g/mol. The van der Waals surface area contributed by atoms with Crippen molar-refractivity contribution in [2.24, 2.45) is 0 Å². The van der Waals surface area contributed by atoms with Gasteiger partial charge in [0, 0.05) is 51.0 Å². The van der Waals surface area contributed by atoms with Crippen molar-refractivity contribution in [2.75, 3.05) is 41.7 Å². The zero-order valence-electron chi connectivity index (χ0n) is 28.3. The Labute approximate surface area is 283 Å². The van der Waals surface area contributed by atoms with E-state index in [1.54, 1.807) is 104 Å². The molecule has 0 aliphatic heterocycles. The number of carbonyl (C=O) groups is 3. The van der Waals surface area contributed by atoms with Gasteiger partial charge >= 0.3 is 17.1 Å². The Balaban J connectivity index is 2.06. The van der Waals surface area contributed by atoms with Crippen molar-refractivity contribution in [3.8, 4) is 17.1 Å². The molecule has 0 aliphatic rings. The third kappa shape index (κ3) is 6.48. The molecule has 48 heavy (non-hydrogen) atoms. The maximum atomic E-state index is 14.3. The number of anilines is 3. The van der Waals surface area contributed by atoms with Crippen LogP contribution in [-0.2, 0) is 14.4 Å². The first-order valence-corrected chi connectivity index (χ1v) is 15.9. The summed E-state index contributed by atoms with van der Waals surface area (Å²) < 4.78 is 2.78. The van der Waals surface area contributed by atoms with Gasteiger partial charge in [-0.25, -0.2) is 28.1 Å². The minimum atomic E-state index is -0.904. The molecule has 0 saturated heterocycles. The lowest BCUT2D eigenvalue weighted by Gasteiger charge is -2.22. The van der Waals surface area contributed by atoms with Crippen LogP contribution in [-0.4, -0.2) is 58.4 Å². The highest BCUT2D eigenvalue weighted by Crippen LogP contribution is 2.24. The molecule has 0 N–H and O–H groups in total. The molecule has 1 aromatic heterocycles. The summed E-state index contributed by atoms with van der Waals surface area (Å²) in [6.07, 6.45) is 0.585. The van der Waals surface area contributed by atoms with E-state index in [0.717, 1.165) is 13.7 Å². The molecule has 3 amide bonds. The third-order valence-corrected chi connectivity index (χ3v) is 8.64. The van der Waals surface area contributed by atoms with Crippen LogP contribution in [0.5, 0.6) is 0 Å². The summed E-state index contributed by atoms with van der Waals surface area (Å²) in [5, 5.41) is 0. The predicted molar refractivity (Wildman–Crippen MR) is 189 cm³/mol. The summed E-state index contributed by atoms with van der Waals surface area (Å²) >= 11 is 5.74. The lowest BCUT2D eigenvalue weighted by Crippen LogP contribution is -2.53. The average molecular weight is 675 g/mol. The second-order valence-electron chi connectivity index (χ2n) is 11.5. The van der Waals surface area contributed by atoms with Crippen molar-refractivity contribution in [3.05, 3.63) is 103 Å². The standard InChI is InChI=1S/C35H39ClN6O6/c1-9-30(43)37(6)24-11-14-27(21(3)17-24)40-33(46)41(28-15-12-25(18-22(28)4)38(7)31(44)10-2)35(48)42(34(40)47)29-16-13-26(19-23(29)5)39(8)32(45)20-36/h11-19H,9-10,20H2,1-8H3. The van der Waals surface area contributed by atoms with E-state index < -0.39 is 17.1 Å². The van der Waals surface area contributed by atoms with Crippen LogP contribution in [0.15, 0.2) is 69.0 Å². The zero-order valence-corrected chi connectivity index (χ0v) is 29.1. The third-order valence-electron chi connectivity index (χ3n) is 8.41. The van der Waals surface area contributed by atoms with Gasteiger partial charge in [0.2, 0.25) is 17.7 Å². The number of amides is 3. The lowest BCUT2D eigenvalue weighted by molar-refractivity contribution is -0.118. The Hall–Kier alpha value is -5.23. The van der Waals surface area contributed by atoms with Crippen LogP contribution in [0.4, 0.5) is 17.1 Å². The topological polar surface area (TPSA) is 127 Å². The molecule has 0 bridgehead atoms. The molecule has 0 unspecified atom stereocenters. The van der Waals surface area contributed by atoms with E-state index in [4.69, 9.17) is 11.6 Å². The smallest absolute Gasteiger partial charge is 0.316 e. The molecule has 0 saturated carbocycles. The molecule has 0 fully saturated rings. The maximum absolute atomic E-state index is 14.3. The van der Waals surface area contributed by atoms with Gasteiger partial charge in [0.05, 0.1) is 17.1 Å². The Morgan fingerprint density at radius 3 is 1.04 bits per heavy atom. The van der Waals surface area contributed by atoms with Crippen LogP contribution in [0.3, 0.4) is 0 Å². The Bertz CT molecular complexity index is 1850. The number of nitrogens with zero attached hydrogens (tertiary/aromatic N) is 6. The van der Waals surface area contributed by atoms with Crippen LogP contribution in [0.1, 0.15) is 43.4 Å². The summed E-state index contributed by atoms with van der Waals surface area (Å²) in [6.45, 7) is 8.60. The van der Waals surface area contributed by atoms with Gasteiger partial charge in [0.15, 0.2) is 0 Å². The van der Waals surface area contributed by atoms with Crippen molar-refractivity contribution in [3.63, 3.8) is 0 Å². The first kappa shape index (κ1) is 35.6. The highest BCUT2D eigenvalue weighted by Gasteiger charge is 2.24. The number of aryl methyl sites for hydroxylation is 3. The average Bonchev–Trinajstić information content (AvgIpc) is 3.07. The number of carbonyl (C=O) groups excluding carboxylic acids is 3. The fraction of sp³-hybridized carbons (Fsp3) is 0.314. The predicted octanol–water partition coefficient (Wildman–Crippen LogP) is 4.01. The molecule has 0 radical (unpaired) electrons. The van der Waals surface area contributed by atoms with Crippen molar-refractivity contribution in [2.45, 2.75) is 47.5 Å². The van der Waals surface area contributed by atoms with Gasteiger partial charge in [-0.05, 0) is 92.1 Å². The van der Waals surface area contributed by atoms with Crippen molar-refractivity contribution in [1.29, 1.82) is 0 Å². The molecule has 0 aliphatic carbocycles. The van der Waals surface area contributed by atoms with Crippen LogP contribution >= 0.6 is 11.6 Å². The molecule has 1 heterocycles. The maximum Gasteiger partial charge on any atom is 0.345 e. The Kier molecular flexibility index (Phi) is 10.6. The van der Waals surface area contributed by atoms with Crippen LogP contribution in [0.2, 0.25) is 0 Å². The fourth-order valence-electron chi connectivity index (χ4n) is 5.46. The second-order valence-corrected chi connectivity index (χ2v) is 11.7. The molecule has 4 rings (SSSR count). The molecule has 13 heteroatoms. The first-order valence-electron chi connectivity index (χ1n) is 15.4. The fourth-order valence-corrected chi connectivity index (χ4v) is 5.64. The van der Waals surface area contributed by atoms with Gasteiger partial charge in [-0.3, -0.25) is 14.4 Å². The van der Waals surface area contributed by atoms with Crippen LogP contribution < -0.4 is 31.8 Å². The summed E-state index contributed by atoms with van der Waals surface area (Å²) in [4.78, 5) is 84.2. The van der Waals surface area contributed by atoms with E-state index in [1.807, 2.05) is 0 Å². The number of hydrogen-bond acceptors (Lipinski definition) is 6. The molecule has 0 spiro atoms. The molecule has 12 nitrogen and oxygen atoms in total. The van der Waals surface area contributed by atoms with E-state index in [1.165, 1.54) is 20.8 Å².